The van der Waals surface area contributed by atoms with Crippen molar-refractivity contribution in [3.63, 3.8) is 0 Å². The largest absolute Gasteiger partial charge is 0.743 e. The minimum Gasteiger partial charge on any atom is -0.743 e. The second kappa shape index (κ2) is 7.36. The van der Waals surface area contributed by atoms with Crippen LogP contribution in [0.25, 0.3) is 0 Å². The SMILES string of the molecule is CCC1(C(=O)OC2C3CC4C(OC(=O)C42)C3OC(=O)C(F)(F)S(=O)(=O)[O-])C2CC3CC(C2)CC1C3. The fourth-order valence-corrected chi connectivity index (χ4v) is 9.10. The summed E-state index contributed by atoms with van der Waals surface area (Å²) in [6, 6.07) is 0. The van der Waals surface area contributed by atoms with Gasteiger partial charge in [0.15, 0.2) is 10.1 Å². The van der Waals surface area contributed by atoms with Crippen molar-refractivity contribution in [3.8, 4) is 0 Å². The Morgan fingerprint density at radius 3 is 2.17 bits per heavy atom. The molecule has 1 heterocycles. The maximum absolute atomic E-state index is 13.8. The van der Waals surface area contributed by atoms with Crippen LogP contribution in [0.2, 0.25) is 0 Å². The fourth-order valence-electron chi connectivity index (χ4n) is 8.85. The zero-order chi connectivity index (χ0) is 25.1. The first kappa shape index (κ1) is 23.6. The lowest BCUT2D eigenvalue weighted by atomic mass is 9.44. The minimum absolute atomic E-state index is 0.202. The molecule has 194 valence electrons. The Kier molecular flexibility index (Phi) is 4.96. The predicted octanol–water partition coefficient (Wildman–Crippen LogP) is 1.99. The van der Waals surface area contributed by atoms with Gasteiger partial charge in [-0.3, -0.25) is 9.59 Å². The minimum atomic E-state index is -6.30. The molecule has 0 aromatic carbocycles. The molecule has 6 aliphatic carbocycles. The van der Waals surface area contributed by atoms with E-state index >= 15 is 0 Å². The van der Waals surface area contributed by atoms with Crippen LogP contribution in [0, 0.1) is 46.8 Å². The molecule has 0 amide bonds. The summed E-state index contributed by atoms with van der Waals surface area (Å²) in [5.74, 6) is -3.99. The van der Waals surface area contributed by atoms with Crippen LogP contribution in [-0.4, -0.2) is 54.4 Å². The van der Waals surface area contributed by atoms with E-state index in [-0.39, 0.29) is 24.2 Å². The van der Waals surface area contributed by atoms with Gasteiger partial charge in [-0.05, 0) is 68.6 Å². The maximum Gasteiger partial charge on any atom is 0.428 e. The van der Waals surface area contributed by atoms with Gasteiger partial charge in [0.2, 0.25) is 0 Å². The van der Waals surface area contributed by atoms with Gasteiger partial charge in [0.05, 0.1) is 5.41 Å². The van der Waals surface area contributed by atoms with Gasteiger partial charge in [-0.15, -0.1) is 0 Å². The average Bonchev–Trinajstić information content (AvgIpc) is 3.37. The van der Waals surface area contributed by atoms with Crippen LogP contribution in [0.5, 0.6) is 0 Å². The third-order valence-corrected chi connectivity index (χ3v) is 10.9. The average molecular weight is 518 g/mol. The van der Waals surface area contributed by atoms with E-state index in [0.29, 0.717) is 18.3 Å². The summed E-state index contributed by atoms with van der Waals surface area (Å²) in [6.45, 7) is 1.97. The molecule has 12 heteroatoms. The Hall–Kier alpha value is -1.82. The summed E-state index contributed by atoms with van der Waals surface area (Å²) in [5, 5.41) is -5.28. The van der Waals surface area contributed by atoms with Crippen LogP contribution in [0.4, 0.5) is 8.78 Å². The van der Waals surface area contributed by atoms with E-state index in [1.54, 1.807) is 0 Å². The molecule has 1 saturated heterocycles. The fraction of sp³-hybridized carbons (Fsp3) is 0.870. The van der Waals surface area contributed by atoms with Crippen molar-refractivity contribution >= 4 is 28.0 Å². The van der Waals surface area contributed by atoms with Crippen LogP contribution in [0.1, 0.15) is 51.9 Å². The first-order chi connectivity index (χ1) is 16.4. The summed E-state index contributed by atoms with van der Waals surface area (Å²) in [4.78, 5) is 38.3. The molecule has 0 aromatic heterocycles. The number of halogens is 2. The Labute approximate surface area is 201 Å². The van der Waals surface area contributed by atoms with Crippen molar-refractivity contribution in [1.82, 2.24) is 0 Å². The summed E-state index contributed by atoms with van der Waals surface area (Å²) in [7, 11) is -6.30. The standard InChI is InChI=1S/C23H28F2O9S/c1-2-22(11-4-9-3-10(6-11)7-12(22)5-9)20(27)33-16-14-8-13-15(16)19(26)32-17(13)18(14)34-21(28)23(24,25)35(29,30)31/h9-18H,2-8H2,1H3,(H,29,30,31)/p-1. The van der Waals surface area contributed by atoms with Gasteiger partial charge in [0.25, 0.3) is 0 Å². The van der Waals surface area contributed by atoms with Gasteiger partial charge in [0, 0.05) is 11.8 Å². The van der Waals surface area contributed by atoms with Crippen molar-refractivity contribution in [2.75, 3.05) is 0 Å². The molecule has 0 aromatic rings. The number of esters is 3. The van der Waals surface area contributed by atoms with Crippen LogP contribution in [-0.2, 0) is 38.7 Å². The van der Waals surface area contributed by atoms with Gasteiger partial charge >= 0.3 is 23.2 Å². The van der Waals surface area contributed by atoms with Gasteiger partial charge in [0.1, 0.15) is 24.2 Å². The molecule has 7 aliphatic rings. The van der Waals surface area contributed by atoms with Crippen molar-refractivity contribution in [2.45, 2.75) is 75.4 Å². The number of hydrogen-bond donors (Lipinski definition) is 0. The topological polar surface area (TPSA) is 136 Å². The van der Waals surface area contributed by atoms with Crippen molar-refractivity contribution in [3.05, 3.63) is 0 Å². The van der Waals surface area contributed by atoms with Crippen LogP contribution in [0.3, 0.4) is 0 Å². The molecule has 6 saturated carbocycles. The van der Waals surface area contributed by atoms with E-state index in [2.05, 4.69) is 0 Å². The van der Waals surface area contributed by atoms with E-state index < -0.39 is 68.8 Å². The molecular weight excluding hydrogens is 490 g/mol. The summed E-state index contributed by atoms with van der Waals surface area (Å²) in [6.07, 6.45) is 2.46. The van der Waals surface area contributed by atoms with E-state index in [9.17, 15) is 36.1 Å². The van der Waals surface area contributed by atoms with Crippen LogP contribution < -0.4 is 0 Å². The number of carbonyl (C=O) groups excluding carboxylic acids is 3. The highest BCUT2D eigenvalue weighted by Crippen LogP contribution is 2.65. The van der Waals surface area contributed by atoms with Gasteiger partial charge in [-0.25, -0.2) is 13.2 Å². The normalized spacial score (nSPS) is 47.1. The zero-order valence-electron chi connectivity index (χ0n) is 19.1. The highest BCUT2D eigenvalue weighted by Gasteiger charge is 2.71. The second-order valence-corrected chi connectivity index (χ2v) is 12.8. The Balaban J connectivity index is 1.25. The van der Waals surface area contributed by atoms with Crippen molar-refractivity contribution < 1.29 is 50.3 Å². The molecule has 0 radical (unpaired) electrons. The van der Waals surface area contributed by atoms with Gasteiger partial charge in [-0.1, -0.05) is 6.92 Å². The number of carbonyl (C=O) groups is 3. The van der Waals surface area contributed by atoms with Crippen molar-refractivity contribution in [2.24, 2.45) is 46.8 Å². The molecular formula is C23H27F2O9S-. The number of ether oxygens (including phenoxy) is 3. The lowest BCUT2D eigenvalue weighted by molar-refractivity contribution is -0.198. The third kappa shape index (κ3) is 3.04. The predicted molar refractivity (Wildman–Crippen MR) is 109 cm³/mol. The Morgan fingerprint density at radius 1 is 1.03 bits per heavy atom. The Bertz CT molecular complexity index is 1060. The van der Waals surface area contributed by atoms with Crippen LogP contribution >= 0.6 is 0 Å². The molecule has 6 bridgehead atoms. The van der Waals surface area contributed by atoms with Gasteiger partial charge < -0.3 is 18.8 Å². The molecule has 9 nitrogen and oxygen atoms in total. The zero-order valence-corrected chi connectivity index (χ0v) is 19.9. The molecule has 0 spiro atoms. The first-order valence-corrected chi connectivity index (χ1v) is 13.7. The first-order valence-electron chi connectivity index (χ1n) is 12.3. The number of alkyl halides is 2. The lowest BCUT2D eigenvalue weighted by Crippen LogP contribution is -2.58. The monoisotopic (exact) mass is 517 g/mol. The molecule has 6 atom stereocenters. The van der Waals surface area contributed by atoms with Gasteiger partial charge in [-0.2, -0.15) is 8.78 Å². The highest BCUT2D eigenvalue weighted by molar-refractivity contribution is 7.87. The lowest BCUT2D eigenvalue weighted by Gasteiger charge is -2.60. The van der Waals surface area contributed by atoms with Crippen molar-refractivity contribution in [1.29, 1.82) is 0 Å². The molecule has 0 N–H and O–H groups in total. The number of fused-ring (bicyclic) bond motifs is 1. The van der Waals surface area contributed by atoms with E-state index in [1.807, 2.05) is 6.92 Å². The second-order valence-electron chi connectivity index (χ2n) is 11.4. The summed E-state index contributed by atoms with van der Waals surface area (Å²) < 4.78 is 76.2. The molecule has 6 unspecified atom stereocenters. The molecule has 35 heavy (non-hydrogen) atoms. The smallest absolute Gasteiger partial charge is 0.428 e. The molecule has 1 aliphatic heterocycles. The van der Waals surface area contributed by atoms with E-state index in [4.69, 9.17) is 14.2 Å². The highest BCUT2D eigenvalue weighted by atomic mass is 32.2. The number of hydrogen-bond acceptors (Lipinski definition) is 9. The third-order valence-electron chi connectivity index (χ3n) is 10.1. The Morgan fingerprint density at radius 2 is 1.63 bits per heavy atom. The summed E-state index contributed by atoms with van der Waals surface area (Å²) >= 11 is 0. The molecule has 7 fully saturated rings. The van der Waals surface area contributed by atoms with Crippen LogP contribution in [0.15, 0.2) is 0 Å². The molecule has 7 rings (SSSR count). The number of rotatable bonds is 6. The summed E-state index contributed by atoms with van der Waals surface area (Å²) in [5.41, 5.74) is -0.660. The maximum atomic E-state index is 13.8. The van der Waals surface area contributed by atoms with E-state index in [1.165, 1.54) is 6.42 Å². The van der Waals surface area contributed by atoms with E-state index in [0.717, 1.165) is 25.7 Å². The quantitative estimate of drug-likeness (QED) is 0.294.